The Labute approximate surface area is 109 Å². The molecule has 0 saturated heterocycles. The van der Waals surface area contributed by atoms with Crippen LogP contribution < -0.4 is 10.6 Å². The van der Waals surface area contributed by atoms with Crippen LogP contribution in [0.5, 0.6) is 0 Å². The smallest absolute Gasteiger partial charge is 0.322 e. The molecule has 0 saturated carbocycles. The monoisotopic (exact) mass is 275 g/mol. The number of nitrogens with one attached hydrogen (secondary N) is 2. The van der Waals surface area contributed by atoms with Gasteiger partial charge >= 0.3 is 6.03 Å². The number of carbonyl (C=O) groups excluding carboxylic acids is 2. The molecule has 0 spiro atoms. The molecular weight excluding hydrogens is 262 g/mol. The van der Waals surface area contributed by atoms with E-state index in [0.717, 1.165) is 5.01 Å². The highest BCUT2D eigenvalue weighted by Crippen LogP contribution is 2.18. The van der Waals surface area contributed by atoms with E-state index in [-0.39, 0.29) is 6.04 Å². The summed E-state index contributed by atoms with van der Waals surface area (Å²) in [6.07, 6.45) is 2.37. The van der Waals surface area contributed by atoms with Gasteiger partial charge in [-0.15, -0.1) is 22.9 Å². The Morgan fingerprint density at radius 3 is 2.76 bits per heavy atom. The van der Waals surface area contributed by atoms with E-state index < -0.39 is 17.3 Å². The van der Waals surface area contributed by atoms with E-state index in [1.54, 1.807) is 6.20 Å². The second-order valence-corrected chi connectivity index (χ2v) is 4.99. The molecule has 1 heterocycles. The van der Waals surface area contributed by atoms with E-state index in [1.165, 1.54) is 18.3 Å². The summed E-state index contributed by atoms with van der Waals surface area (Å²) in [7, 11) is 0. The second-order valence-electron chi connectivity index (χ2n) is 3.41. The van der Waals surface area contributed by atoms with Gasteiger partial charge < -0.3 is 5.32 Å². The lowest BCUT2D eigenvalue weighted by Crippen LogP contribution is -2.43. The topological polar surface area (TPSA) is 71.1 Å². The van der Waals surface area contributed by atoms with Crippen LogP contribution in [0.4, 0.5) is 4.79 Å². The first-order chi connectivity index (χ1) is 8.04. The fourth-order valence-corrected chi connectivity index (χ4v) is 1.98. The number of urea groups is 1. The zero-order chi connectivity index (χ0) is 12.8. The van der Waals surface area contributed by atoms with Gasteiger partial charge in [0.2, 0.25) is 5.91 Å². The zero-order valence-corrected chi connectivity index (χ0v) is 11.1. The molecule has 1 rings (SSSR count). The summed E-state index contributed by atoms with van der Waals surface area (Å²) in [6, 6.07) is -0.738. The van der Waals surface area contributed by atoms with E-state index in [4.69, 9.17) is 11.6 Å². The van der Waals surface area contributed by atoms with Crippen molar-refractivity contribution in [3.63, 3.8) is 0 Å². The summed E-state index contributed by atoms with van der Waals surface area (Å²) in [5.74, 6) is -0.516. The van der Waals surface area contributed by atoms with Gasteiger partial charge in [0, 0.05) is 11.6 Å². The number of alkyl halides is 1. The van der Waals surface area contributed by atoms with Crippen LogP contribution >= 0.6 is 22.9 Å². The van der Waals surface area contributed by atoms with Crippen molar-refractivity contribution >= 4 is 34.9 Å². The molecule has 0 bridgehead atoms. The highest BCUT2D eigenvalue weighted by Gasteiger charge is 2.18. The third-order valence-electron chi connectivity index (χ3n) is 2.06. The molecule has 2 unspecified atom stereocenters. The number of carbonyl (C=O) groups is 2. The van der Waals surface area contributed by atoms with Crippen LogP contribution in [-0.4, -0.2) is 22.3 Å². The molecule has 0 aliphatic rings. The van der Waals surface area contributed by atoms with Crippen molar-refractivity contribution < 1.29 is 9.59 Å². The normalized spacial score (nSPS) is 13.8. The Kier molecular flexibility index (Phi) is 5.37. The number of nitrogens with zero attached hydrogens (tertiary/aromatic N) is 1. The van der Waals surface area contributed by atoms with E-state index in [0.29, 0.717) is 6.42 Å². The van der Waals surface area contributed by atoms with Crippen LogP contribution in [0.1, 0.15) is 31.3 Å². The minimum atomic E-state index is -0.735. The molecular formula is C10H14ClN3O2S. The zero-order valence-electron chi connectivity index (χ0n) is 9.57. The first kappa shape index (κ1) is 13.9. The van der Waals surface area contributed by atoms with E-state index in [1.807, 2.05) is 12.3 Å². The molecule has 5 nitrogen and oxygen atoms in total. The van der Waals surface area contributed by atoms with Gasteiger partial charge in [-0.25, -0.2) is 9.78 Å². The minimum Gasteiger partial charge on any atom is -0.329 e. The summed E-state index contributed by atoms with van der Waals surface area (Å²) in [5, 5.41) is 6.75. The van der Waals surface area contributed by atoms with Gasteiger partial charge in [-0.2, -0.15) is 0 Å². The van der Waals surface area contributed by atoms with E-state index in [2.05, 4.69) is 15.6 Å². The largest absolute Gasteiger partial charge is 0.329 e. The van der Waals surface area contributed by atoms with Crippen LogP contribution in [0.2, 0.25) is 0 Å². The van der Waals surface area contributed by atoms with Crippen molar-refractivity contribution in [1.29, 1.82) is 0 Å². The first-order valence-corrected chi connectivity index (χ1v) is 6.51. The molecule has 0 fully saturated rings. The number of aromatic nitrogens is 1. The fraction of sp³-hybridized carbons (Fsp3) is 0.500. The third kappa shape index (κ3) is 4.32. The van der Waals surface area contributed by atoms with Gasteiger partial charge in [-0.1, -0.05) is 6.92 Å². The standard InChI is InChI=1S/C10H14ClN3O2S/c1-3-7(9-12-4-5-17-9)13-10(16)14-8(15)6(2)11/h4-7H,3H2,1-2H3,(H2,13,14,15,16). The van der Waals surface area contributed by atoms with Gasteiger partial charge in [-0.3, -0.25) is 10.1 Å². The van der Waals surface area contributed by atoms with Crippen molar-refractivity contribution in [1.82, 2.24) is 15.6 Å². The van der Waals surface area contributed by atoms with Crippen molar-refractivity contribution in [2.24, 2.45) is 0 Å². The molecule has 2 atom stereocenters. The number of hydrogen-bond donors (Lipinski definition) is 2. The molecule has 0 aliphatic heterocycles. The number of halogens is 1. The predicted molar refractivity (Wildman–Crippen MR) is 67.1 cm³/mol. The number of hydrogen-bond acceptors (Lipinski definition) is 4. The minimum absolute atomic E-state index is 0.187. The third-order valence-corrected chi connectivity index (χ3v) is 3.15. The van der Waals surface area contributed by atoms with Crippen LogP contribution in [0, 0.1) is 0 Å². The van der Waals surface area contributed by atoms with Crippen LogP contribution in [0.25, 0.3) is 0 Å². The molecule has 0 aliphatic carbocycles. The Balaban J connectivity index is 2.52. The Hall–Kier alpha value is -1.14. The highest BCUT2D eigenvalue weighted by atomic mass is 35.5. The summed E-state index contributed by atoms with van der Waals surface area (Å²) in [4.78, 5) is 26.8. The first-order valence-electron chi connectivity index (χ1n) is 5.19. The molecule has 0 radical (unpaired) electrons. The number of rotatable bonds is 4. The molecule has 1 aromatic heterocycles. The van der Waals surface area contributed by atoms with Gasteiger partial charge in [-0.05, 0) is 13.3 Å². The Bertz CT molecular complexity index is 381. The molecule has 1 aromatic rings. The molecule has 17 heavy (non-hydrogen) atoms. The Morgan fingerprint density at radius 1 is 1.59 bits per heavy atom. The molecule has 0 aromatic carbocycles. The quantitative estimate of drug-likeness (QED) is 0.826. The maximum Gasteiger partial charge on any atom is 0.322 e. The Morgan fingerprint density at radius 2 is 2.29 bits per heavy atom. The van der Waals surface area contributed by atoms with Crippen LogP contribution in [0.15, 0.2) is 11.6 Å². The SMILES string of the molecule is CCC(NC(=O)NC(=O)C(C)Cl)c1nccs1. The lowest BCUT2D eigenvalue weighted by molar-refractivity contribution is -0.119. The number of thiazole rings is 1. The molecule has 94 valence electrons. The van der Waals surface area contributed by atoms with Crippen molar-refractivity contribution in [3.8, 4) is 0 Å². The average Bonchev–Trinajstić information content (AvgIpc) is 2.78. The second kappa shape index (κ2) is 6.56. The lowest BCUT2D eigenvalue weighted by Gasteiger charge is -2.14. The summed E-state index contributed by atoms with van der Waals surface area (Å²) in [6.45, 7) is 3.43. The van der Waals surface area contributed by atoms with Gasteiger partial charge in [0.25, 0.3) is 0 Å². The van der Waals surface area contributed by atoms with Crippen molar-refractivity contribution in [2.45, 2.75) is 31.7 Å². The number of imide groups is 1. The van der Waals surface area contributed by atoms with Gasteiger partial charge in [0.15, 0.2) is 0 Å². The van der Waals surface area contributed by atoms with Crippen molar-refractivity contribution in [3.05, 3.63) is 16.6 Å². The summed E-state index contributed by atoms with van der Waals surface area (Å²) >= 11 is 7.00. The maximum absolute atomic E-state index is 11.5. The average molecular weight is 276 g/mol. The predicted octanol–water partition coefficient (Wildman–Crippen LogP) is 2.05. The van der Waals surface area contributed by atoms with E-state index in [9.17, 15) is 9.59 Å². The molecule has 7 heteroatoms. The highest BCUT2D eigenvalue weighted by molar-refractivity contribution is 7.09. The fourth-order valence-electron chi connectivity index (χ4n) is 1.15. The summed E-state index contributed by atoms with van der Waals surface area (Å²) in [5.41, 5.74) is 0. The molecule has 3 amide bonds. The lowest BCUT2D eigenvalue weighted by atomic mass is 10.2. The molecule has 2 N–H and O–H groups in total. The van der Waals surface area contributed by atoms with Crippen LogP contribution in [-0.2, 0) is 4.79 Å². The van der Waals surface area contributed by atoms with Crippen molar-refractivity contribution in [2.75, 3.05) is 0 Å². The van der Waals surface area contributed by atoms with Crippen LogP contribution in [0.3, 0.4) is 0 Å². The number of amides is 3. The van der Waals surface area contributed by atoms with E-state index >= 15 is 0 Å². The maximum atomic E-state index is 11.5. The van der Waals surface area contributed by atoms with Gasteiger partial charge in [0.1, 0.15) is 10.4 Å². The summed E-state index contributed by atoms with van der Waals surface area (Å²) < 4.78 is 0. The van der Waals surface area contributed by atoms with Gasteiger partial charge in [0.05, 0.1) is 6.04 Å².